The first-order valence-corrected chi connectivity index (χ1v) is 8.78. The lowest BCUT2D eigenvalue weighted by molar-refractivity contribution is 0.0951. The second-order valence-electron chi connectivity index (χ2n) is 7.22. The minimum absolute atomic E-state index is 0.0843. The molecule has 2 unspecified atom stereocenters. The molecule has 2 atom stereocenters. The lowest BCUT2D eigenvalue weighted by atomic mass is 9.87. The molecule has 0 bridgehead atoms. The largest absolute Gasteiger partial charge is 0.352 e. The highest BCUT2D eigenvalue weighted by atomic mass is 16.1. The second kappa shape index (κ2) is 6.06. The van der Waals surface area contributed by atoms with Crippen LogP contribution in [0.1, 0.15) is 38.5 Å². The van der Waals surface area contributed by atoms with Crippen LogP contribution in [-0.4, -0.2) is 30.4 Å². The van der Waals surface area contributed by atoms with Crippen LogP contribution >= 0.6 is 0 Å². The fourth-order valence-electron chi connectivity index (χ4n) is 4.22. The highest BCUT2D eigenvalue weighted by Gasteiger charge is 2.37. The van der Waals surface area contributed by atoms with E-state index in [1.807, 2.05) is 12.1 Å². The van der Waals surface area contributed by atoms with Gasteiger partial charge >= 0.3 is 0 Å². The number of carbonyl (C=O) groups excluding carboxylic acids is 1. The van der Waals surface area contributed by atoms with Gasteiger partial charge in [-0.2, -0.15) is 0 Å². The van der Waals surface area contributed by atoms with Crippen molar-refractivity contribution >= 4 is 5.91 Å². The summed E-state index contributed by atoms with van der Waals surface area (Å²) in [7, 11) is 0. The number of hydrogen-bond donors (Lipinski definition) is 1. The number of likely N-dealkylation sites (tertiary alicyclic amines) is 1. The minimum atomic E-state index is 0.0843. The maximum atomic E-state index is 12.3. The van der Waals surface area contributed by atoms with Gasteiger partial charge in [0.1, 0.15) is 0 Å². The summed E-state index contributed by atoms with van der Waals surface area (Å²) < 4.78 is 0. The van der Waals surface area contributed by atoms with Crippen LogP contribution in [-0.2, 0) is 6.54 Å². The average Bonchev–Trinajstić information content (AvgIpc) is 2.94. The third kappa shape index (κ3) is 2.63. The van der Waals surface area contributed by atoms with Crippen LogP contribution in [0.15, 0.2) is 42.5 Å². The highest BCUT2D eigenvalue weighted by Crippen LogP contribution is 2.36. The zero-order valence-electron chi connectivity index (χ0n) is 14.4. The van der Waals surface area contributed by atoms with E-state index in [1.54, 1.807) is 0 Å². The van der Waals surface area contributed by atoms with Gasteiger partial charge in [0, 0.05) is 37.7 Å². The molecule has 0 radical (unpaired) electrons. The number of nitrogens with one attached hydrogen (secondary N) is 1. The first-order valence-electron chi connectivity index (χ1n) is 8.78. The Morgan fingerprint density at radius 2 is 1.92 bits per heavy atom. The smallest absolute Gasteiger partial charge is 0.251 e. The standard InChI is InChI=1S/C21H24N2O/c1-14-6-5-7-16(15(14)2)11-23-12-17-10-22-21(24)19-9-4-3-8-18(19)20(17)13-23/h3-9,17,20H,10-13H2,1-2H3,(H,22,24). The molecular formula is C21H24N2O. The number of fused-ring (bicyclic) bond motifs is 3. The molecule has 2 aliphatic rings. The lowest BCUT2D eigenvalue weighted by Crippen LogP contribution is -2.29. The van der Waals surface area contributed by atoms with Crippen molar-refractivity contribution in [1.29, 1.82) is 0 Å². The maximum Gasteiger partial charge on any atom is 0.251 e. The molecular weight excluding hydrogens is 296 g/mol. The van der Waals surface area contributed by atoms with Crippen molar-refractivity contribution in [3.05, 3.63) is 70.3 Å². The number of benzene rings is 2. The molecule has 3 nitrogen and oxygen atoms in total. The van der Waals surface area contributed by atoms with Crippen LogP contribution in [0.2, 0.25) is 0 Å². The number of rotatable bonds is 2. The number of hydrogen-bond acceptors (Lipinski definition) is 2. The van der Waals surface area contributed by atoms with Gasteiger partial charge in [-0.05, 0) is 48.1 Å². The van der Waals surface area contributed by atoms with Gasteiger partial charge in [0.2, 0.25) is 0 Å². The number of nitrogens with zero attached hydrogens (tertiary/aromatic N) is 1. The van der Waals surface area contributed by atoms with Crippen LogP contribution in [0.4, 0.5) is 0 Å². The molecule has 2 heterocycles. The summed E-state index contributed by atoms with van der Waals surface area (Å²) >= 11 is 0. The van der Waals surface area contributed by atoms with Crippen molar-refractivity contribution in [1.82, 2.24) is 10.2 Å². The normalized spacial score (nSPS) is 23.3. The van der Waals surface area contributed by atoms with E-state index in [0.717, 1.165) is 31.7 Å². The Labute approximate surface area is 143 Å². The molecule has 24 heavy (non-hydrogen) atoms. The van der Waals surface area contributed by atoms with Gasteiger partial charge in [-0.25, -0.2) is 0 Å². The molecule has 0 saturated carbocycles. The molecule has 4 rings (SSSR count). The van der Waals surface area contributed by atoms with E-state index in [-0.39, 0.29) is 5.91 Å². The van der Waals surface area contributed by atoms with Crippen LogP contribution in [0.25, 0.3) is 0 Å². The third-order valence-electron chi connectivity index (χ3n) is 5.76. The zero-order chi connectivity index (χ0) is 16.7. The van der Waals surface area contributed by atoms with Crippen molar-refractivity contribution < 1.29 is 4.79 Å². The molecule has 1 amide bonds. The number of aryl methyl sites for hydroxylation is 1. The summed E-state index contributed by atoms with van der Waals surface area (Å²) in [5, 5.41) is 3.11. The maximum absolute atomic E-state index is 12.3. The zero-order valence-corrected chi connectivity index (χ0v) is 14.4. The summed E-state index contributed by atoms with van der Waals surface area (Å²) in [6, 6.07) is 14.7. The van der Waals surface area contributed by atoms with Crippen LogP contribution in [0, 0.1) is 19.8 Å². The van der Waals surface area contributed by atoms with Crippen molar-refractivity contribution in [2.24, 2.45) is 5.92 Å². The molecule has 2 aromatic carbocycles. The Bertz CT molecular complexity index is 783. The molecule has 2 aromatic rings. The van der Waals surface area contributed by atoms with E-state index in [1.165, 1.54) is 22.3 Å². The summed E-state index contributed by atoms with van der Waals surface area (Å²) in [4.78, 5) is 14.8. The third-order valence-corrected chi connectivity index (χ3v) is 5.76. The van der Waals surface area contributed by atoms with Gasteiger partial charge in [0.25, 0.3) is 5.91 Å². The number of carbonyl (C=O) groups is 1. The molecule has 0 spiro atoms. The molecule has 0 aromatic heterocycles. The lowest BCUT2D eigenvalue weighted by Gasteiger charge is -2.19. The van der Waals surface area contributed by atoms with Crippen molar-refractivity contribution in [2.45, 2.75) is 26.3 Å². The Morgan fingerprint density at radius 1 is 1.08 bits per heavy atom. The molecule has 1 N–H and O–H groups in total. The topological polar surface area (TPSA) is 32.3 Å². The molecule has 1 fully saturated rings. The van der Waals surface area contributed by atoms with Crippen LogP contribution in [0.5, 0.6) is 0 Å². The van der Waals surface area contributed by atoms with E-state index in [9.17, 15) is 4.79 Å². The first kappa shape index (κ1) is 15.4. The number of amides is 1. The SMILES string of the molecule is Cc1cccc(CN2CC3CNC(=O)c4ccccc4C3C2)c1C. The Hall–Kier alpha value is -2.13. The van der Waals surface area contributed by atoms with E-state index in [2.05, 4.69) is 54.4 Å². The summed E-state index contributed by atoms with van der Waals surface area (Å²) in [5.74, 6) is 1.04. The van der Waals surface area contributed by atoms with Gasteiger partial charge in [-0.1, -0.05) is 36.4 Å². The van der Waals surface area contributed by atoms with Gasteiger partial charge in [-0.3, -0.25) is 9.69 Å². The van der Waals surface area contributed by atoms with E-state index < -0.39 is 0 Å². The Balaban J connectivity index is 1.59. The molecule has 124 valence electrons. The quantitative estimate of drug-likeness (QED) is 0.921. The van der Waals surface area contributed by atoms with Crippen molar-refractivity contribution in [2.75, 3.05) is 19.6 Å². The monoisotopic (exact) mass is 320 g/mol. The fraction of sp³-hybridized carbons (Fsp3) is 0.381. The van der Waals surface area contributed by atoms with Gasteiger partial charge < -0.3 is 5.32 Å². The van der Waals surface area contributed by atoms with Gasteiger partial charge in [0.05, 0.1) is 0 Å². The first-order chi connectivity index (χ1) is 11.6. The minimum Gasteiger partial charge on any atom is -0.352 e. The average molecular weight is 320 g/mol. The van der Waals surface area contributed by atoms with Crippen molar-refractivity contribution in [3.63, 3.8) is 0 Å². The Morgan fingerprint density at radius 3 is 2.79 bits per heavy atom. The van der Waals surface area contributed by atoms with Crippen LogP contribution < -0.4 is 5.32 Å². The molecule has 1 saturated heterocycles. The predicted octanol–water partition coefficient (Wildman–Crippen LogP) is 3.26. The molecule has 0 aliphatic carbocycles. The Kier molecular flexibility index (Phi) is 3.89. The highest BCUT2D eigenvalue weighted by molar-refractivity contribution is 5.96. The van der Waals surface area contributed by atoms with Crippen LogP contribution in [0.3, 0.4) is 0 Å². The van der Waals surface area contributed by atoms with Gasteiger partial charge in [-0.15, -0.1) is 0 Å². The van der Waals surface area contributed by atoms with E-state index in [4.69, 9.17) is 0 Å². The molecule has 3 heteroatoms. The van der Waals surface area contributed by atoms with E-state index >= 15 is 0 Å². The van der Waals surface area contributed by atoms with Gasteiger partial charge in [0.15, 0.2) is 0 Å². The summed E-state index contributed by atoms with van der Waals surface area (Å²) in [6.07, 6.45) is 0. The fourth-order valence-corrected chi connectivity index (χ4v) is 4.22. The predicted molar refractivity (Wildman–Crippen MR) is 96.2 cm³/mol. The van der Waals surface area contributed by atoms with Crippen molar-refractivity contribution in [3.8, 4) is 0 Å². The molecule has 2 aliphatic heterocycles. The van der Waals surface area contributed by atoms with E-state index in [0.29, 0.717) is 11.8 Å². The second-order valence-corrected chi connectivity index (χ2v) is 7.22. The summed E-state index contributed by atoms with van der Waals surface area (Å²) in [6.45, 7) is 8.25. The summed E-state index contributed by atoms with van der Waals surface area (Å²) in [5.41, 5.74) is 6.26.